The van der Waals surface area contributed by atoms with Crippen LogP contribution in [-0.4, -0.2) is 29.8 Å². The number of anilines is 2. The summed E-state index contributed by atoms with van der Waals surface area (Å²) in [6, 6.07) is 26.9. The van der Waals surface area contributed by atoms with E-state index in [-0.39, 0.29) is 17.6 Å². The summed E-state index contributed by atoms with van der Waals surface area (Å²) >= 11 is 0. The summed E-state index contributed by atoms with van der Waals surface area (Å²) in [6.45, 7) is 1.66. The maximum atomic E-state index is 12.7. The van der Waals surface area contributed by atoms with E-state index in [0.717, 1.165) is 48.1 Å². The quantitative estimate of drug-likeness (QED) is 0.415. The lowest BCUT2D eigenvalue weighted by Crippen LogP contribution is -2.36. The van der Waals surface area contributed by atoms with Gasteiger partial charge in [0.2, 0.25) is 0 Å². The first-order valence-electron chi connectivity index (χ1n) is 11.3. The number of para-hydroxylation sites is 1. The number of ketones is 1. The molecule has 5 rings (SSSR count). The van der Waals surface area contributed by atoms with Crippen molar-refractivity contribution in [3.63, 3.8) is 0 Å². The van der Waals surface area contributed by atoms with Gasteiger partial charge in [0, 0.05) is 41.2 Å². The predicted molar refractivity (Wildman–Crippen MR) is 132 cm³/mol. The Morgan fingerprint density at radius 1 is 0.818 bits per heavy atom. The Morgan fingerprint density at radius 3 is 2.27 bits per heavy atom. The lowest BCUT2D eigenvalue weighted by molar-refractivity contribution is 0.0900. The summed E-state index contributed by atoms with van der Waals surface area (Å²) in [5.41, 5.74) is 4.04. The number of nitrogens with one attached hydrogen (secondary N) is 1. The van der Waals surface area contributed by atoms with Gasteiger partial charge < -0.3 is 10.2 Å². The highest BCUT2D eigenvalue weighted by atomic mass is 16.1. The molecular formula is C28H25N3O2. The highest BCUT2D eigenvalue weighted by Gasteiger charge is 2.26. The van der Waals surface area contributed by atoms with Gasteiger partial charge in [0.05, 0.1) is 17.4 Å². The second-order valence-electron chi connectivity index (χ2n) is 8.41. The first-order chi connectivity index (χ1) is 16.2. The van der Waals surface area contributed by atoms with Gasteiger partial charge >= 0.3 is 0 Å². The number of pyridine rings is 1. The fourth-order valence-electron chi connectivity index (χ4n) is 4.40. The Hall–Kier alpha value is -3.99. The van der Waals surface area contributed by atoms with Crippen molar-refractivity contribution in [3.05, 3.63) is 102 Å². The van der Waals surface area contributed by atoms with Gasteiger partial charge in [-0.05, 0) is 49.2 Å². The van der Waals surface area contributed by atoms with Gasteiger partial charge in [0.15, 0.2) is 5.78 Å². The van der Waals surface area contributed by atoms with E-state index >= 15 is 0 Å². The number of fused-ring (bicyclic) bond motifs is 1. The molecule has 3 aromatic carbocycles. The molecule has 0 atom stereocenters. The van der Waals surface area contributed by atoms with E-state index in [4.69, 9.17) is 0 Å². The van der Waals surface area contributed by atoms with Crippen LogP contribution in [0.4, 0.5) is 11.4 Å². The van der Waals surface area contributed by atoms with Crippen LogP contribution >= 0.6 is 0 Å². The number of carbonyl (C=O) groups excluding carboxylic acids is 2. The topological polar surface area (TPSA) is 62.3 Å². The minimum Gasteiger partial charge on any atom is -0.371 e. The molecule has 0 unspecified atom stereocenters. The fraction of sp³-hybridized carbons (Fsp3) is 0.179. The molecule has 1 aromatic heterocycles. The first-order valence-corrected chi connectivity index (χ1v) is 11.3. The van der Waals surface area contributed by atoms with E-state index in [0.29, 0.717) is 11.3 Å². The minimum atomic E-state index is -0.161. The van der Waals surface area contributed by atoms with Crippen LogP contribution in [0.25, 0.3) is 10.9 Å². The molecule has 5 heteroatoms. The van der Waals surface area contributed by atoms with Crippen LogP contribution in [0.15, 0.2) is 91.1 Å². The molecule has 164 valence electrons. The van der Waals surface area contributed by atoms with E-state index in [1.54, 1.807) is 6.20 Å². The molecule has 0 saturated carbocycles. The molecule has 1 fully saturated rings. The molecule has 1 amide bonds. The summed E-state index contributed by atoms with van der Waals surface area (Å²) in [5.74, 6) is 0.153. The fourth-order valence-corrected chi connectivity index (χ4v) is 4.40. The van der Waals surface area contributed by atoms with Gasteiger partial charge in [0.25, 0.3) is 5.91 Å². The summed E-state index contributed by atoms with van der Waals surface area (Å²) in [5, 5.41) is 3.92. The van der Waals surface area contributed by atoms with Crippen LogP contribution in [0, 0.1) is 5.92 Å². The highest BCUT2D eigenvalue weighted by molar-refractivity contribution is 6.05. The number of rotatable bonds is 5. The molecule has 1 aliphatic rings. The molecular weight excluding hydrogens is 410 g/mol. The van der Waals surface area contributed by atoms with Gasteiger partial charge in [-0.2, -0.15) is 0 Å². The lowest BCUT2D eigenvalue weighted by atomic mass is 9.88. The molecule has 1 aliphatic heterocycles. The molecule has 5 nitrogen and oxygen atoms in total. The lowest BCUT2D eigenvalue weighted by Gasteiger charge is -2.33. The Kier molecular flexibility index (Phi) is 5.85. The maximum absolute atomic E-state index is 12.7. The van der Waals surface area contributed by atoms with E-state index in [2.05, 4.69) is 15.2 Å². The molecule has 0 radical (unpaired) electrons. The maximum Gasteiger partial charge on any atom is 0.255 e. The van der Waals surface area contributed by atoms with Crippen molar-refractivity contribution in [1.82, 2.24) is 4.98 Å². The largest absolute Gasteiger partial charge is 0.371 e. The number of amides is 1. The smallest absolute Gasteiger partial charge is 0.255 e. The predicted octanol–water partition coefficient (Wildman–Crippen LogP) is 5.59. The van der Waals surface area contributed by atoms with Gasteiger partial charge in [-0.25, -0.2) is 0 Å². The molecule has 0 bridgehead atoms. The Bertz CT molecular complexity index is 1280. The third-order valence-electron chi connectivity index (χ3n) is 6.27. The standard InChI is InChI=1S/C28H25N3O2/c32-27(20-6-2-1-3-7-20)21-14-16-31(17-15-21)25-12-10-22(11-13-25)28(33)30-24-18-23-8-4-5-9-26(23)29-19-24/h1-13,18-19,21H,14-17H2,(H,30,33). The van der Waals surface area contributed by atoms with Crippen molar-refractivity contribution in [2.45, 2.75) is 12.8 Å². The summed E-state index contributed by atoms with van der Waals surface area (Å²) in [7, 11) is 0. The van der Waals surface area contributed by atoms with Gasteiger partial charge in [-0.1, -0.05) is 48.5 Å². The summed E-state index contributed by atoms with van der Waals surface area (Å²) in [4.78, 5) is 32.1. The number of carbonyl (C=O) groups is 2. The Morgan fingerprint density at radius 2 is 1.52 bits per heavy atom. The van der Waals surface area contributed by atoms with E-state index in [1.165, 1.54) is 0 Å². The SMILES string of the molecule is O=C(Nc1cnc2ccccc2c1)c1ccc(N2CCC(C(=O)c3ccccc3)CC2)cc1. The normalized spacial score (nSPS) is 14.2. The zero-order chi connectivity index (χ0) is 22.6. The van der Waals surface area contributed by atoms with E-state index in [1.807, 2.05) is 84.9 Å². The van der Waals surface area contributed by atoms with Crippen LogP contribution in [0.2, 0.25) is 0 Å². The summed E-state index contributed by atoms with van der Waals surface area (Å²) < 4.78 is 0. The molecule has 1 N–H and O–H groups in total. The van der Waals surface area contributed by atoms with Crippen molar-refractivity contribution in [2.75, 3.05) is 23.3 Å². The minimum absolute atomic E-state index is 0.0734. The molecule has 2 heterocycles. The highest BCUT2D eigenvalue weighted by Crippen LogP contribution is 2.26. The van der Waals surface area contributed by atoms with Crippen molar-refractivity contribution in [3.8, 4) is 0 Å². The van der Waals surface area contributed by atoms with Crippen LogP contribution in [0.1, 0.15) is 33.6 Å². The molecule has 4 aromatic rings. The number of aromatic nitrogens is 1. The van der Waals surface area contributed by atoms with Crippen LogP contribution in [0.3, 0.4) is 0 Å². The van der Waals surface area contributed by atoms with Gasteiger partial charge in [0.1, 0.15) is 0 Å². The average molecular weight is 436 g/mol. The monoisotopic (exact) mass is 435 g/mol. The zero-order valence-corrected chi connectivity index (χ0v) is 18.3. The molecule has 1 saturated heterocycles. The van der Waals surface area contributed by atoms with Crippen LogP contribution in [-0.2, 0) is 0 Å². The molecule has 33 heavy (non-hydrogen) atoms. The van der Waals surface area contributed by atoms with Crippen molar-refractivity contribution < 1.29 is 9.59 Å². The second kappa shape index (κ2) is 9.25. The first kappa shape index (κ1) is 20.9. The third kappa shape index (κ3) is 4.62. The van der Waals surface area contributed by atoms with E-state index in [9.17, 15) is 9.59 Å². The number of hydrogen-bond acceptors (Lipinski definition) is 4. The number of Topliss-reactive ketones (excluding diaryl/α,β-unsaturated/α-hetero) is 1. The number of piperidine rings is 1. The number of benzene rings is 3. The Labute approximate surface area is 193 Å². The van der Waals surface area contributed by atoms with Crippen molar-refractivity contribution >= 4 is 34.0 Å². The molecule has 0 spiro atoms. The van der Waals surface area contributed by atoms with Crippen molar-refractivity contribution in [1.29, 1.82) is 0 Å². The third-order valence-corrected chi connectivity index (χ3v) is 6.27. The Balaban J connectivity index is 1.20. The number of hydrogen-bond donors (Lipinski definition) is 1. The van der Waals surface area contributed by atoms with Gasteiger partial charge in [-0.15, -0.1) is 0 Å². The number of nitrogens with zero attached hydrogens (tertiary/aromatic N) is 2. The van der Waals surface area contributed by atoms with Crippen LogP contribution < -0.4 is 10.2 Å². The summed E-state index contributed by atoms with van der Waals surface area (Å²) in [6.07, 6.45) is 3.35. The second-order valence-corrected chi connectivity index (χ2v) is 8.41. The van der Waals surface area contributed by atoms with Gasteiger partial charge in [-0.3, -0.25) is 14.6 Å². The zero-order valence-electron chi connectivity index (χ0n) is 18.3. The van der Waals surface area contributed by atoms with Crippen molar-refractivity contribution in [2.24, 2.45) is 5.92 Å². The average Bonchev–Trinajstić information content (AvgIpc) is 2.89. The molecule has 0 aliphatic carbocycles. The van der Waals surface area contributed by atoms with E-state index < -0.39 is 0 Å². The van der Waals surface area contributed by atoms with Crippen LogP contribution in [0.5, 0.6) is 0 Å².